The van der Waals surface area contributed by atoms with Crippen LogP contribution >= 0.6 is 0 Å². The maximum absolute atomic E-state index is 12.3. The van der Waals surface area contributed by atoms with Crippen molar-refractivity contribution in [1.82, 2.24) is 5.32 Å². The summed E-state index contributed by atoms with van der Waals surface area (Å²) < 4.78 is 5.75. The van der Waals surface area contributed by atoms with Crippen molar-refractivity contribution in [3.8, 4) is 5.75 Å². The topological polar surface area (TPSA) is 38.3 Å². The lowest BCUT2D eigenvalue weighted by atomic mass is 9.68. The Hall–Kier alpha value is -1.61. The zero-order chi connectivity index (χ0) is 17.7. The predicted octanol–water partition coefficient (Wildman–Crippen LogP) is 4.17. The molecule has 0 bridgehead atoms. The van der Waals surface area contributed by atoms with Crippen molar-refractivity contribution in [2.45, 2.75) is 59.0 Å². The number of Topliss-reactive ketones (excluding diaryl/α,β-unsaturated/α-hetero) is 1. The highest BCUT2D eigenvalue weighted by atomic mass is 16.5. The minimum Gasteiger partial charge on any atom is -0.493 e. The van der Waals surface area contributed by atoms with E-state index in [9.17, 15) is 4.79 Å². The standard InChI is InChI=1S/C21H31NO2/c1-6-20(23)19-11-12-21(19,22-16(4)5)13-17-7-9-18(10-8-17)24-14-15(2)3/h7-12,15-16,19,22H,6,13-14H2,1-5H3/t19?,21-/m0/s1. The smallest absolute Gasteiger partial charge is 0.141 e. The lowest BCUT2D eigenvalue weighted by molar-refractivity contribution is -0.123. The molecule has 1 aliphatic carbocycles. The lowest BCUT2D eigenvalue weighted by Gasteiger charge is -2.45. The van der Waals surface area contributed by atoms with E-state index in [1.165, 1.54) is 5.56 Å². The van der Waals surface area contributed by atoms with Gasteiger partial charge in [0.05, 0.1) is 18.1 Å². The maximum Gasteiger partial charge on any atom is 0.141 e. The summed E-state index contributed by atoms with van der Waals surface area (Å²) >= 11 is 0. The largest absolute Gasteiger partial charge is 0.493 e. The summed E-state index contributed by atoms with van der Waals surface area (Å²) in [5.74, 6) is 1.71. The second kappa shape index (κ2) is 7.98. The fraction of sp³-hybridized carbons (Fsp3) is 0.571. The number of hydrogen-bond donors (Lipinski definition) is 1. The molecule has 0 aromatic heterocycles. The normalized spacial score (nSPS) is 22.7. The summed E-state index contributed by atoms with van der Waals surface area (Å²) in [4.78, 5) is 12.3. The third-order valence-electron chi connectivity index (χ3n) is 4.40. The summed E-state index contributed by atoms with van der Waals surface area (Å²) in [6.45, 7) is 11.2. The summed E-state index contributed by atoms with van der Waals surface area (Å²) in [6.07, 6.45) is 5.61. The average Bonchev–Trinajstić information content (AvgIpc) is 2.51. The highest BCUT2D eigenvalue weighted by Crippen LogP contribution is 2.36. The lowest BCUT2D eigenvalue weighted by Crippen LogP contribution is -2.60. The number of carbonyl (C=O) groups is 1. The molecule has 1 aromatic carbocycles. The molecule has 2 atom stereocenters. The molecule has 132 valence electrons. The van der Waals surface area contributed by atoms with Crippen LogP contribution in [0.15, 0.2) is 36.4 Å². The minimum atomic E-state index is -0.248. The van der Waals surface area contributed by atoms with Gasteiger partial charge in [-0.25, -0.2) is 0 Å². The van der Waals surface area contributed by atoms with E-state index in [4.69, 9.17) is 4.74 Å². The van der Waals surface area contributed by atoms with Crippen molar-refractivity contribution in [3.05, 3.63) is 42.0 Å². The number of ketones is 1. The number of nitrogens with one attached hydrogen (secondary N) is 1. The zero-order valence-electron chi connectivity index (χ0n) is 15.6. The Balaban J connectivity index is 2.10. The molecule has 2 rings (SSSR count). The van der Waals surface area contributed by atoms with Gasteiger partial charge < -0.3 is 10.1 Å². The van der Waals surface area contributed by atoms with E-state index in [1.807, 2.05) is 25.1 Å². The second-order valence-electron chi connectivity index (χ2n) is 7.52. The van der Waals surface area contributed by atoms with E-state index >= 15 is 0 Å². The molecule has 0 fully saturated rings. The first-order chi connectivity index (χ1) is 11.4. The fourth-order valence-electron chi connectivity index (χ4n) is 3.24. The average molecular weight is 329 g/mol. The van der Waals surface area contributed by atoms with Gasteiger partial charge in [-0.1, -0.05) is 58.9 Å². The van der Waals surface area contributed by atoms with Gasteiger partial charge in [-0.3, -0.25) is 4.79 Å². The van der Waals surface area contributed by atoms with Gasteiger partial charge in [0, 0.05) is 12.5 Å². The number of carbonyl (C=O) groups excluding carboxylic acids is 1. The number of benzene rings is 1. The van der Waals surface area contributed by atoms with Crippen molar-refractivity contribution in [3.63, 3.8) is 0 Å². The van der Waals surface area contributed by atoms with Gasteiger partial charge >= 0.3 is 0 Å². The number of rotatable bonds is 9. The predicted molar refractivity (Wildman–Crippen MR) is 99.4 cm³/mol. The molecule has 0 aliphatic heterocycles. The Morgan fingerprint density at radius 1 is 1.21 bits per heavy atom. The molecule has 0 spiro atoms. The van der Waals surface area contributed by atoms with Crippen LogP contribution in [0.3, 0.4) is 0 Å². The molecule has 24 heavy (non-hydrogen) atoms. The van der Waals surface area contributed by atoms with Crippen molar-refractivity contribution >= 4 is 5.78 Å². The molecule has 0 saturated carbocycles. The van der Waals surface area contributed by atoms with Gasteiger partial charge in [-0.05, 0) is 30.0 Å². The fourth-order valence-corrected chi connectivity index (χ4v) is 3.24. The molecular weight excluding hydrogens is 298 g/mol. The first-order valence-corrected chi connectivity index (χ1v) is 9.08. The van der Waals surface area contributed by atoms with Crippen LogP contribution in [0.4, 0.5) is 0 Å². The highest BCUT2D eigenvalue weighted by Gasteiger charge is 2.44. The van der Waals surface area contributed by atoms with Crippen LogP contribution in [0, 0.1) is 11.8 Å². The summed E-state index contributed by atoms with van der Waals surface area (Å²) in [5, 5.41) is 3.62. The van der Waals surface area contributed by atoms with E-state index in [-0.39, 0.29) is 11.5 Å². The molecule has 0 heterocycles. The summed E-state index contributed by atoms with van der Waals surface area (Å²) in [5.41, 5.74) is 0.972. The monoisotopic (exact) mass is 329 g/mol. The Morgan fingerprint density at radius 2 is 1.88 bits per heavy atom. The number of ether oxygens (including phenoxy) is 1. The van der Waals surface area contributed by atoms with Crippen molar-refractivity contribution in [1.29, 1.82) is 0 Å². The Kier molecular flexibility index (Phi) is 6.22. The molecule has 0 amide bonds. The molecule has 1 N–H and O–H groups in total. The van der Waals surface area contributed by atoms with Crippen LogP contribution in [0.2, 0.25) is 0 Å². The van der Waals surface area contributed by atoms with Crippen molar-refractivity contribution in [2.24, 2.45) is 11.8 Å². The van der Waals surface area contributed by atoms with E-state index in [0.29, 0.717) is 24.2 Å². The second-order valence-corrected chi connectivity index (χ2v) is 7.52. The molecule has 1 aliphatic rings. The first-order valence-electron chi connectivity index (χ1n) is 9.08. The molecule has 0 radical (unpaired) electrons. The van der Waals surface area contributed by atoms with Gasteiger partial charge in [0.25, 0.3) is 0 Å². The molecule has 3 nitrogen and oxygen atoms in total. The van der Waals surface area contributed by atoms with Crippen molar-refractivity contribution < 1.29 is 9.53 Å². The molecule has 0 saturated heterocycles. The van der Waals surface area contributed by atoms with Gasteiger partial charge in [0.1, 0.15) is 11.5 Å². The quantitative estimate of drug-likeness (QED) is 0.691. The molecule has 1 aromatic rings. The van der Waals surface area contributed by atoms with E-state index in [1.54, 1.807) is 0 Å². The van der Waals surface area contributed by atoms with Crippen molar-refractivity contribution in [2.75, 3.05) is 6.61 Å². The highest BCUT2D eigenvalue weighted by molar-refractivity contribution is 5.86. The first kappa shape index (κ1) is 18.7. The Morgan fingerprint density at radius 3 is 2.33 bits per heavy atom. The van der Waals surface area contributed by atoms with E-state index in [0.717, 1.165) is 18.8 Å². The molecule has 1 unspecified atom stereocenters. The van der Waals surface area contributed by atoms with Crippen LogP contribution in [-0.4, -0.2) is 24.0 Å². The van der Waals surface area contributed by atoms with Gasteiger partial charge in [-0.15, -0.1) is 0 Å². The SMILES string of the molecule is CCC(=O)C1C=C[C@@]1(Cc1ccc(OCC(C)C)cc1)NC(C)C. The molecular formula is C21H31NO2. The van der Waals surface area contributed by atoms with Crippen LogP contribution < -0.4 is 10.1 Å². The summed E-state index contributed by atoms with van der Waals surface area (Å²) in [7, 11) is 0. The van der Waals surface area contributed by atoms with Crippen LogP contribution in [0.25, 0.3) is 0 Å². The third kappa shape index (κ3) is 4.47. The Bertz CT molecular complexity index is 574. The Labute approximate surface area is 146 Å². The zero-order valence-corrected chi connectivity index (χ0v) is 15.6. The summed E-state index contributed by atoms with van der Waals surface area (Å²) in [6, 6.07) is 8.60. The van der Waals surface area contributed by atoms with Crippen LogP contribution in [0.1, 0.15) is 46.6 Å². The van der Waals surface area contributed by atoms with Crippen LogP contribution in [0.5, 0.6) is 5.75 Å². The van der Waals surface area contributed by atoms with E-state index in [2.05, 4.69) is 51.2 Å². The van der Waals surface area contributed by atoms with Gasteiger partial charge in [0.2, 0.25) is 0 Å². The third-order valence-corrected chi connectivity index (χ3v) is 4.40. The molecule has 3 heteroatoms. The number of hydrogen-bond acceptors (Lipinski definition) is 3. The maximum atomic E-state index is 12.3. The minimum absolute atomic E-state index is 0.0261. The van der Waals surface area contributed by atoms with Gasteiger partial charge in [-0.2, -0.15) is 0 Å². The van der Waals surface area contributed by atoms with Crippen LogP contribution in [-0.2, 0) is 11.2 Å². The van der Waals surface area contributed by atoms with E-state index < -0.39 is 0 Å². The van der Waals surface area contributed by atoms with Gasteiger partial charge in [0.15, 0.2) is 0 Å².